The first-order valence-electron chi connectivity index (χ1n) is 15.4. The van der Waals surface area contributed by atoms with Crippen LogP contribution in [0.5, 0.6) is 0 Å². The first kappa shape index (κ1) is 29.3. The number of amidine groups is 1. The Bertz CT molecular complexity index is 1250. The first-order valence-corrected chi connectivity index (χ1v) is 15.4. The summed E-state index contributed by atoms with van der Waals surface area (Å²) < 4.78 is 2.01. The van der Waals surface area contributed by atoms with Crippen molar-refractivity contribution in [3.05, 3.63) is 47.2 Å². The number of hydrogen-bond donors (Lipinski definition) is 1. The number of carbonyl (C=O) groups excluding carboxylic acids is 2. The lowest BCUT2D eigenvalue weighted by Gasteiger charge is -2.34. The Morgan fingerprint density at radius 1 is 1.15 bits per heavy atom. The Morgan fingerprint density at radius 2 is 1.93 bits per heavy atom. The molecule has 1 saturated heterocycles. The summed E-state index contributed by atoms with van der Waals surface area (Å²) in [6.07, 6.45) is 8.58. The highest BCUT2D eigenvalue weighted by Gasteiger charge is 2.38. The molecule has 0 bridgehead atoms. The number of fused-ring (bicyclic) bond motifs is 1. The summed E-state index contributed by atoms with van der Waals surface area (Å²) in [5, 5.41) is 13.8. The molecule has 1 N–H and O–H groups in total. The number of likely N-dealkylation sites (tertiary alicyclic amines) is 1. The lowest BCUT2D eigenvalue weighted by Crippen LogP contribution is -2.40. The van der Waals surface area contributed by atoms with Gasteiger partial charge in [-0.25, -0.2) is 5.01 Å². The topological polar surface area (TPSA) is 86.1 Å². The van der Waals surface area contributed by atoms with E-state index in [2.05, 4.69) is 51.4 Å². The minimum Gasteiger partial charge on any atom is -0.359 e. The Balaban J connectivity index is 1.02. The van der Waals surface area contributed by atoms with E-state index >= 15 is 0 Å². The Morgan fingerprint density at radius 3 is 2.68 bits per heavy atom. The molecule has 1 aromatic heterocycles. The maximum Gasteiger partial charge on any atom is 0.261 e. The first-order chi connectivity index (χ1) is 19.7. The molecule has 9 nitrogen and oxygen atoms in total. The van der Waals surface area contributed by atoms with Gasteiger partial charge >= 0.3 is 0 Å². The number of hydrazone groups is 1. The molecule has 5 rings (SSSR count). The van der Waals surface area contributed by atoms with E-state index in [1.165, 1.54) is 29.8 Å². The number of benzene rings is 1. The van der Waals surface area contributed by atoms with Gasteiger partial charge in [-0.15, -0.1) is 0 Å². The van der Waals surface area contributed by atoms with E-state index in [9.17, 15) is 9.59 Å². The van der Waals surface area contributed by atoms with Gasteiger partial charge in [0.05, 0.1) is 18.8 Å². The largest absolute Gasteiger partial charge is 0.359 e. The van der Waals surface area contributed by atoms with Crippen LogP contribution in [0.2, 0.25) is 0 Å². The van der Waals surface area contributed by atoms with Gasteiger partial charge in [0.1, 0.15) is 11.7 Å². The molecule has 3 aliphatic rings. The molecule has 222 valence electrons. The van der Waals surface area contributed by atoms with Crippen molar-refractivity contribution in [3.63, 3.8) is 0 Å². The van der Waals surface area contributed by atoms with Crippen LogP contribution in [0, 0.1) is 5.92 Å². The van der Waals surface area contributed by atoms with Gasteiger partial charge in [-0.1, -0.05) is 37.6 Å². The predicted molar refractivity (Wildman–Crippen MR) is 163 cm³/mol. The van der Waals surface area contributed by atoms with Crippen molar-refractivity contribution < 1.29 is 9.59 Å². The fourth-order valence-corrected chi connectivity index (χ4v) is 6.09. The number of unbranched alkanes of at least 4 members (excludes halogenated alkanes) is 1. The number of aromatic nitrogens is 2. The summed E-state index contributed by atoms with van der Waals surface area (Å²) in [5.41, 5.74) is 3.72. The van der Waals surface area contributed by atoms with Gasteiger partial charge in [0, 0.05) is 51.3 Å². The molecule has 3 heterocycles. The zero-order chi connectivity index (χ0) is 29.0. The van der Waals surface area contributed by atoms with Crippen LogP contribution in [0.3, 0.4) is 0 Å². The molecule has 1 aromatic carbocycles. The Kier molecular flexibility index (Phi) is 9.12. The highest BCUT2D eigenvalue weighted by atomic mass is 16.2. The van der Waals surface area contributed by atoms with Crippen LogP contribution >= 0.6 is 0 Å². The van der Waals surface area contributed by atoms with Crippen LogP contribution in [-0.2, 0) is 23.3 Å². The molecule has 1 saturated carbocycles. The molecule has 2 fully saturated rings. The zero-order valence-corrected chi connectivity index (χ0v) is 25.4. The number of hydrogen-bond acceptors (Lipinski definition) is 6. The molecule has 1 aliphatic carbocycles. The molecule has 9 heteroatoms. The Labute approximate surface area is 244 Å². The van der Waals surface area contributed by atoms with E-state index < -0.39 is 0 Å². The van der Waals surface area contributed by atoms with E-state index in [-0.39, 0.29) is 18.2 Å². The molecule has 1 unspecified atom stereocenters. The third-order valence-electron chi connectivity index (χ3n) is 9.21. The molecular formula is C32H47N7O2. The maximum absolute atomic E-state index is 12.8. The number of ketones is 1. The molecule has 1 atom stereocenters. The van der Waals surface area contributed by atoms with Crippen LogP contribution in [0.15, 0.2) is 35.4 Å². The van der Waals surface area contributed by atoms with Crippen molar-refractivity contribution in [2.24, 2.45) is 11.0 Å². The van der Waals surface area contributed by atoms with Crippen LogP contribution in [-0.4, -0.2) is 82.4 Å². The Hall–Kier alpha value is -3.20. The van der Waals surface area contributed by atoms with Crippen molar-refractivity contribution in [3.8, 4) is 0 Å². The third-order valence-corrected chi connectivity index (χ3v) is 9.21. The molecular weight excluding hydrogens is 514 g/mol. The van der Waals surface area contributed by atoms with Gasteiger partial charge < -0.3 is 10.2 Å². The van der Waals surface area contributed by atoms with Crippen molar-refractivity contribution >= 4 is 23.3 Å². The number of amides is 1. The molecule has 2 aromatic rings. The smallest absolute Gasteiger partial charge is 0.261 e. The summed E-state index contributed by atoms with van der Waals surface area (Å²) in [6.45, 7) is 9.09. The van der Waals surface area contributed by atoms with E-state index in [0.717, 1.165) is 81.3 Å². The third kappa shape index (κ3) is 7.56. The summed E-state index contributed by atoms with van der Waals surface area (Å²) in [7, 11) is 3.82. The van der Waals surface area contributed by atoms with Gasteiger partial charge in [-0.3, -0.25) is 19.2 Å². The van der Waals surface area contributed by atoms with Crippen molar-refractivity contribution in [1.82, 2.24) is 24.6 Å². The van der Waals surface area contributed by atoms with Crippen molar-refractivity contribution in [1.29, 1.82) is 0 Å². The fourth-order valence-electron chi connectivity index (χ4n) is 6.09. The maximum atomic E-state index is 12.8. The second-order valence-electron chi connectivity index (χ2n) is 12.7. The SMILES string of the molecule is CC(=NN(C)C(=O)CNc1cc2n(n1)CCN(C)C2)N1CCCC(CCCCC(=O)c2ccc(C3(C)CC3)cc2)C1. The summed E-state index contributed by atoms with van der Waals surface area (Å²) in [6, 6.07) is 10.3. The second kappa shape index (κ2) is 12.8. The summed E-state index contributed by atoms with van der Waals surface area (Å²) >= 11 is 0. The number of anilines is 1. The number of nitrogens with one attached hydrogen (secondary N) is 1. The molecule has 1 amide bonds. The molecule has 0 spiro atoms. The van der Waals surface area contributed by atoms with Gasteiger partial charge in [-0.2, -0.15) is 10.2 Å². The van der Waals surface area contributed by atoms with Gasteiger partial charge in [0.15, 0.2) is 5.78 Å². The lowest BCUT2D eigenvalue weighted by molar-refractivity contribution is -0.128. The zero-order valence-electron chi connectivity index (χ0n) is 25.4. The lowest BCUT2D eigenvalue weighted by atomic mass is 9.91. The van der Waals surface area contributed by atoms with Gasteiger partial charge in [0.25, 0.3) is 5.91 Å². The van der Waals surface area contributed by atoms with Crippen LogP contribution in [0.4, 0.5) is 5.82 Å². The van der Waals surface area contributed by atoms with Gasteiger partial charge in [0.2, 0.25) is 0 Å². The average molecular weight is 562 g/mol. The van der Waals surface area contributed by atoms with Gasteiger partial charge in [-0.05, 0) is 69.4 Å². The predicted octanol–water partition coefficient (Wildman–Crippen LogP) is 4.74. The minimum atomic E-state index is -0.0953. The number of carbonyl (C=O) groups is 2. The number of nitrogens with zero attached hydrogens (tertiary/aromatic N) is 6. The summed E-state index contributed by atoms with van der Waals surface area (Å²) in [5.74, 6) is 2.37. The average Bonchev–Trinajstić information content (AvgIpc) is 3.60. The number of likely N-dealkylation sites (N-methyl/N-ethyl adjacent to an activating group) is 2. The normalized spacial score (nSPS) is 20.4. The van der Waals surface area contributed by atoms with E-state index in [1.807, 2.05) is 29.8 Å². The molecule has 41 heavy (non-hydrogen) atoms. The van der Waals surface area contributed by atoms with Crippen LogP contribution in [0.1, 0.15) is 86.8 Å². The number of rotatable bonds is 11. The van der Waals surface area contributed by atoms with E-state index in [0.29, 0.717) is 17.8 Å². The number of piperidine rings is 1. The van der Waals surface area contributed by atoms with Crippen molar-refractivity contribution in [2.45, 2.75) is 83.7 Å². The van der Waals surface area contributed by atoms with E-state index in [1.54, 1.807) is 7.05 Å². The van der Waals surface area contributed by atoms with Crippen LogP contribution < -0.4 is 5.32 Å². The monoisotopic (exact) mass is 561 g/mol. The second-order valence-corrected chi connectivity index (χ2v) is 12.7. The highest BCUT2D eigenvalue weighted by Crippen LogP contribution is 2.47. The summed E-state index contributed by atoms with van der Waals surface area (Å²) in [4.78, 5) is 30.0. The fraction of sp³-hybridized carbons (Fsp3) is 0.625. The van der Waals surface area contributed by atoms with E-state index in [4.69, 9.17) is 0 Å². The highest BCUT2D eigenvalue weighted by molar-refractivity contribution is 5.96. The minimum absolute atomic E-state index is 0.0953. The van der Waals surface area contributed by atoms with Crippen molar-refractivity contribution in [2.75, 3.05) is 45.6 Å². The quantitative estimate of drug-likeness (QED) is 0.140. The molecule has 2 aliphatic heterocycles. The standard InChI is InChI=1S/C32H47N7O2/c1-24(34-37(4)31(41)21-33-30-20-28-23-36(3)18-19-39(28)35-30)38-17-7-9-25(22-38)8-5-6-10-29(40)26-11-13-27(14-12-26)32(2)15-16-32/h11-14,20,25H,5-10,15-19,21-23H2,1-4H3,(H,33,35). The molecule has 0 radical (unpaired) electrons. The van der Waals surface area contributed by atoms with Crippen LogP contribution in [0.25, 0.3) is 0 Å². The number of Topliss-reactive ketones (excluding diaryl/α,β-unsaturated/α-hetero) is 1.